The van der Waals surface area contributed by atoms with E-state index in [1.807, 2.05) is 0 Å². The van der Waals surface area contributed by atoms with Gasteiger partial charge in [-0.1, -0.05) is 0 Å². The number of hydrogen-bond acceptors (Lipinski definition) is 5. The standard InChI is InChI=1S/C10H15N3O3S/c1-5-7(8(14)15)13-6(17-5)4-12-9(16)10(2,3)11/h4,11H2,1-3H3,(H,12,16)(H,14,15). The van der Waals surface area contributed by atoms with E-state index >= 15 is 0 Å². The van der Waals surface area contributed by atoms with E-state index in [9.17, 15) is 9.59 Å². The highest BCUT2D eigenvalue weighted by molar-refractivity contribution is 7.11. The summed E-state index contributed by atoms with van der Waals surface area (Å²) in [5.74, 6) is -1.36. The highest BCUT2D eigenvalue weighted by Crippen LogP contribution is 2.17. The van der Waals surface area contributed by atoms with Crippen LogP contribution in [0.1, 0.15) is 34.2 Å². The molecule has 0 saturated heterocycles. The first-order chi connectivity index (χ1) is 7.71. The molecule has 1 rings (SSSR count). The van der Waals surface area contributed by atoms with E-state index < -0.39 is 11.5 Å². The molecule has 0 unspecified atom stereocenters. The zero-order valence-electron chi connectivity index (χ0n) is 9.90. The van der Waals surface area contributed by atoms with Crippen molar-refractivity contribution in [3.63, 3.8) is 0 Å². The minimum atomic E-state index is -1.06. The summed E-state index contributed by atoms with van der Waals surface area (Å²) in [5.41, 5.74) is 4.68. The Hall–Kier alpha value is -1.47. The van der Waals surface area contributed by atoms with E-state index in [1.54, 1.807) is 20.8 Å². The summed E-state index contributed by atoms with van der Waals surface area (Å²) in [7, 11) is 0. The lowest BCUT2D eigenvalue weighted by Gasteiger charge is -2.16. The Morgan fingerprint density at radius 1 is 1.53 bits per heavy atom. The first-order valence-electron chi connectivity index (χ1n) is 4.98. The van der Waals surface area contributed by atoms with Crippen molar-refractivity contribution >= 4 is 23.2 Å². The molecule has 0 spiro atoms. The molecule has 0 radical (unpaired) electrons. The summed E-state index contributed by atoms with van der Waals surface area (Å²) in [6, 6.07) is 0. The first-order valence-corrected chi connectivity index (χ1v) is 5.80. The Morgan fingerprint density at radius 2 is 2.12 bits per heavy atom. The molecule has 0 fully saturated rings. The van der Waals surface area contributed by atoms with Gasteiger partial charge in [-0.2, -0.15) is 0 Å². The Balaban J connectivity index is 2.68. The summed E-state index contributed by atoms with van der Waals surface area (Å²) in [6.45, 7) is 5.06. The van der Waals surface area contributed by atoms with Crippen molar-refractivity contribution in [3.05, 3.63) is 15.6 Å². The van der Waals surface area contributed by atoms with Crippen molar-refractivity contribution in [2.75, 3.05) is 0 Å². The second-order valence-corrected chi connectivity index (χ2v) is 5.51. The maximum atomic E-state index is 11.5. The average Bonchev–Trinajstić information content (AvgIpc) is 2.54. The van der Waals surface area contributed by atoms with Gasteiger partial charge in [-0.3, -0.25) is 4.79 Å². The van der Waals surface area contributed by atoms with E-state index in [4.69, 9.17) is 10.8 Å². The average molecular weight is 257 g/mol. The number of nitrogens with one attached hydrogen (secondary N) is 1. The number of amides is 1. The highest BCUT2D eigenvalue weighted by Gasteiger charge is 2.22. The molecule has 0 aliphatic rings. The van der Waals surface area contributed by atoms with Crippen LogP contribution in [-0.2, 0) is 11.3 Å². The van der Waals surface area contributed by atoms with Gasteiger partial charge in [-0.15, -0.1) is 11.3 Å². The molecule has 0 atom stereocenters. The molecule has 0 aliphatic carbocycles. The van der Waals surface area contributed by atoms with Crippen molar-refractivity contribution in [2.45, 2.75) is 32.9 Å². The van der Waals surface area contributed by atoms with Gasteiger partial charge in [0.15, 0.2) is 5.69 Å². The van der Waals surface area contributed by atoms with Crippen LogP contribution < -0.4 is 11.1 Å². The summed E-state index contributed by atoms with van der Waals surface area (Å²) >= 11 is 1.25. The summed E-state index contributed by atoms with van der Waals surface area (Å²) in [6.07, 6.45) is 0. The number of rotatable bonds is 4. The molecule has 0 aliphatic heterocycles. The van der Waals surface area contributed by atoms with Crippen LogP contribution in [-0.4, -0.2) is 27.5 Å². The molecule has 94 valence electrons. The van der Waals surface area contributed by atoms with Gasteiger partial charge in [0.1, 0.15) is 5.01 Å². The third-order valence-electron chi connectivity index (χ3n) is 2.03. The number of carbonyl (C=O) groups excluding carboxylic acids is 1. The molecule has 17 heavy (non-hydrogen) atoms. The Morgan fingerprint density at radius 3 is 2.53 bits per heavy atom. The minimum Gasteiger partial charge on any atom is -0.476 e. The van der Waals surface area contributed by atoms with Crippen LogP contribution in [0, 0.1) is 6.92 Å². The van der Waals surface area contributed by atoms with E-state index in [0.717, 1.165) is 0 Å². The minimum absolute atomic E-state index is 0.0336. The maximum Gasteiger partial charge on any atom is 0.355 e. The molecule has 1 amide bonds. The van der Waals surface area contributed by atoms with Gasteiger partial charge in [-0.25, -0.2) is 9.78 Å². The number of nitrogens with zero attached hydrogens (tertiary/aromatic N) is 1. The number of carboxylic acid groups (broad SMARTS) is 1. The van der Waals surface area contributed by atoms with Crippen molar-refractivity contribution in [1.29, 1.82) is 0 Å². The molecule has 6 nitrogen and oxygen atoms in total. The molecule has 1 aromatic rings. The molecule has 0 aromatic carbocycles. The van der Waals surface area contributed by atoms with Crippen LogP contribution in [0.3, 0.4) is 0 Å². The van der Waals surface area contributed by atoms with Crippen LogP contribution in [0.15, 0.2) is 0 Å². The van der Waals surface area contributed by atoms with E-state index in [1.165, 1.54) is 11.3 Å². The lowest BCUT2D eigenvalue weighted by Crippen LogP contribution is -2.48. The number of carboxylic acids is 1. The highest BCUT2D eigenvalue weighted by atomic mass is 32.1. The number of hydrogen-bond donors (Lipinski definition) is 3. The number of aryl methyl sites for hydroxylation is 1. The monoisotopic (exact) mass is 257 g/mol. The van der Waals surface area contributed by atoms with Gasteiger partial charge in [0.05, 0.1) is 12.1 Å². The van der Waals surface area contributed by atoms with Crippen LogP contribution in [0.25, 0.3) is 0 Å². The van der Waals surface area contributed by atoms with E-state index in [2.05, 4.69) is 10.3 Å². The first kappa shape index (κ1) is 13.6. The fourth-order valence-electron chi connectivity index (χ4n) is 1.11. The number of carbonyl (C=O) groups is 2. The predicted octanol–water partition coefficient (Wildman–Crippen LogP) is 0.503. The van der Waals surface area contributed by atoms with Gasteiger partial charge in [0.2, 0.25) is 5.91 Å². The zero-order valence-corrected chi connectivity index (χ0v) is 10.7. The Kier molecular flexibility index (Phi) is 3.84. The lowest BCUT2D eigenvalue weighted by atomic mass is 10.1. The number of aromatic carboxylic acids is 1. The van der Waals surface area contributed by atoms with Gasteiger partial charge < -0.3 is 16.2 Å². The summed E-state index contributed by atoms with van der Waals surface area (Å²) < 4.78 is 0. The van der Waals surface area contributed by atoms with Crippen LogP contribution in [0.4, 0.5) is 0 Å². The third-order valence-corrected chi connectivity index (χ3v) is 3.00. The number of thiazole rings is 1. The lowest BCUT2D eigenvalue weighted by molar-refractivity contribution is -0.125. The molecule has 0 bridgehead atoms. The van der Waals surface area contributed by atoms with E-state index in [0.29, 0.717) is 9.88 Å². The van der Waals surface area contributed by atoms with Crippen molar-refractivity contribution in [2.24, 2.45) is 5.73 Å². The molecular weight excluding hydrogens is 242 g/mol. The largest absolute Gasteiger partial charge is 0.476 e. The van der Waals surface area contributed by atoms with E-state index in [-0.39, 0.29) is 18.1 Å². The van der Waals surface area contributed by atoms with Crippen molar-refractivity contribution in [1.82, 2.24) is 10.3 Å². The number of aromatic nitrogens is 1. The molecule has 4 N–H and O–H groups in total. The van der Waals surface area contributed by atoms with Crippen LogP contribution in [0.2, 0.25) is 0 Å². The quantitative estimate of drug-likeness (QED) is 0.728. The topological polar surface area (TPSA) is 105 Å². The smallest absolute Gasteiger partial charge is 0.355 e. The van der Waals surface area contributed by atoms with Crippen LogP contribution in [0.5, 0.6) is 0 Å². The maximum absolute atomic E-state index is 11.5. The van der Waals surface area contributed by atoms with Gasteiger partial charge in [-0.05, 0) is 20.8 Å². The fourth-order valence-corrected chi connectivity index (χ4v) is 1.97. The van der Waals surface area contributed by atoms with Gasteiger partial charge >= 0.3 is 5.97 Å². The number of nitrogens with two attached hydrogens (primary N) is 1. The second-order valence-electron chi connectivity index (χ2n) is 4.22. The summed E-state index contributed by atoms with van der Waals surface area (Å²) in [4.78, 5) is 26.8. The third kappa shape index (κ3) is 3.50. The normalized spacial score (nSPS) is 11.3. The molecule has 1 aromatic heterocycles. The SMILES string of the molecule is Cc1sc(CNC(=O)C(C)(C)N)nc1C(=O)O. The van der Waals surface area contributed by atoms with Gasteiger partial charge in [0.25, 0.3) is 0 Å². The molecule has 7 heteroatoms. The van der Waals surface area contributed by atoms with Crippen molar-refractivity contribution < 1.29 is 14.7 Å². The van der Waals surface area contributed by atoms with Crippen LogP contribution >= 0.6 is 11.3 Å². The molecular formula is C10H15N3O3S. The Bertz CT molecular complexity index is 448. The summed E-state index contributed by atoms with van der Waals surface area (Å²) in [5, 5.41) is 12.0. The predicted molar refractivity (Wildman–Crippen MR) is 63.9 cm³/mol. The second kappa shape index (κ2) is 4.80. The fraction of sp³-hybridized carbons (Fsp3) is 0.500. The van der Waals surface area contributed by atoms with Crippen molar-refractivity contribution in [3.8, 4) is 0 Å². The Labute approximate surface area is 103 Å². The molecule has 0 saturated carbocycles. The van der Waals surface area contributed by atoms with Gasteiger partial charge in [0, 0.05) is 4.88 Å². The zero-order chi connectivity index (χ0) is 13.2. The molecule has 1 heterocycles.